The highest BCUT2D eigenvalue weighted by atomic mass is 32.1. The van der Waals surface area contributed by atoms with E-state index in [2.05, 4.69) is 10.3 Å². The van der Waals surface area contributed by atoms with Crippen LogP contribution in [0.15, 0.2) is 48.1 Å². The summed E-state index contributed by atoms with van der Waals surface area (Å²) in [6, 6.07) is 8.07. The third-order valence-electron chi connectivity index (χ3n) is 3.36. The molecule has 0 saturated heterocycles. The first kappa shape index (κ1) is 16.0. The van der Waals surface area contributed by atoms with Crippen LogP contribution in [0.1, 0.15) is 11.3 Å². The van der Waals surface area contributed by atoms with E-state index in [-0.39, 0.29) is 13.0 Å². The molecule has 7 nitrogen and oxygen atoms in total. The molecule has 3 rings (SSSR count). The summed E-state index contributed by atoms with van der Waals surface area (Å²) in [7, 11) is 0. The highest BCUT2D eigenvalue weighted by Crippen LogP contribution is 2.13. The fourth-order valence-electron chi connectivity index (χ4n) is 2.19. The SMILES string of the molecule is O=C(NC(Cc1cn2ccsc2n1)C(=O)O)OCc1ccccc1. The summed E-state index contributed by atoms with van der Waals surface area (Å²) in [5.41, 5.74) is 1.42. The summed E-state index contributed by atoms with van der Waals surface area (Å²) < 4.78 is 6.87. The van der Waals surface area contributed by atoms with Crippen LogP contribution in [0.25, 0.3) is 4.96 Å². The van der Waals surface area contributed by atoms with Crippen molar-refractivity contribution < 1.29 is 19.4 Å². The molecule has 24 heavy (non-hydrogen) atoms. The molecule has 2 N–H and O–H groups in total. The molecular weight excluding hydrogens is 330 g/mol. The molecule has 0 spiro atoms. The molecular formula is C16H15N3O4S. The van der Waals surface area contributed by atoms with Gasteiger partial charge in [0.25, 0.3) is 0 Å². The predicted octanol–water partition coefficient (Wildman–Crippen LogP) is 2.32. The lowest BCUT2D eigenvalue weighted by atomic mass is 10.2. The van der Waals surface area contributed by atoms with Crippen molar-refractivity contribution in [3.8, 4) is 0 Å². The van der Waals surface area contributed by atoms with Gasteiger partial charge in [-0.1, -0.05) is 30.3 Å². The number of aromatic nitrogens is 2. The number of rotatable bonds is 6. The molecule has 0 aliphatic heterocycles. The van der Waals surface area contributed by atoms with Crippen molar-refractivity contribution in [1.29, 1.82) is 0 Å². The molecule has 0 saturated carbocycles. The van der Waals surface area contributed by atoms with Gasteiger partial charge < -0.3 is 15.2 Å². The minimum absolute atomic E-state index is 0.0826. The van der Waals surface area contributed by atoms with Crippen LogP contribution >= 0.6 is 11.3 Å². The Morgan fingerprint density at radius 3 is 2.83 bits per heavy atom. The van der Waals surface area contributed by atoms with E-state index >= 15 is 0 Å². The Kier molecular flexibility index (Phi) is 4.76. The van der Waals surface area contributed by atoms with Crippen LogP contribution < -0.4 is 5.32 Å². The summed E-state index contributed by atoms with van der Waals surface area (Å²) in [5, 5.41) is 13.5. The number of nitrogens with one attached hydrogen (secondary N) is 1. The number of nitrogens with zero attached hydrogens (tertiary/aromatic N) is 2. The van der Waals surface area contributed by atoms with Crippen LogP contribution in [0.3, 0.4) is 0 Å². The van der Waals surface area contributed by atoms with Gasteiger partial charge in [-0.2, -0.15) is 0 Å². The van der Waals surface area contributed by atoms with Gasteiger partial charge >= 0.3 is 12.1 Å². The maximum Gasteiger partial charge on any atom is 0.408 e. The zero-order valence-corrected chi connectivity index (χ0v) is 13.4. The summed E-state index contributed by atoms with van der Waals surface area (Å²) in [6.07, 6.45) is 2.91. The number of aliphatic carboxylic acids is 1. The second-order valence-corrected chi connectivity index (χ2v) is 6.00. The Balaban J connectivity index is 1.58. The van der Waals surface area contributed by atoms with E-state index in [0.717, 1.165) is 10.5 Å². The van der Waals surface area contributed by atoms with Gasteiger partial charge in [-0.25, -0.2) is 14.6 Å². The molecule has 0 aliphatic rings. The molecule has 1 amide bonds. The zero-order chi connectivity index (χ0) is 16.9. The van der Waals surface area contributed by atoms with Crippen molar-refractivity contribution in [1.82, 2.24) is 14.7 Å². The van der Waals surface area contributed by atoms with Gasteiger partial charge in [0.15, 0.2) is 4.96 Å². The van der Waals surface area contributed by atoms with E-state index in [1.54, 1.807) is 6.20 Å². The van der Waals surface area contributed by atoms with Crippen LogP contribution in [-0.2, 0) is 22.6 Å². The van der Waals surface area contributed by atoms with Crippen LogP contribution in [0, 0.1) is 0 Å². The first-order valence-corrected chi connectivity index (χ1v) is 8.11. The molecule has 3 aromatic rings. The molecule has 124 valence electrons. The Bertz CT molecular complexity index is 815. The highest BCUT2D eigenvalue weighted by Gasteiger charge is 2.22. The van der Waals surface area contributed by atoms with Gasteiger partial charge in [0.2, 0.25) is 0 Å². The number of carboxylic acids is 1. The minimum Gasteiger partial charge on any atom is -0.480 e. The Morgan fingerprint density at radius 2 is 2.12 bits per heavy atom. The standard InChI is InChI=1S/C16H15N3O4S/c20-14(21)13(8-12-9-19-6-7-24-15(19)17-12)18-16(22)23-10-11-4-2-1-3-5-11/h1-7,9,13H,8,10H2,(H,18,22)(H,20,21). The van der Waals surface area contributed by atoms with Gasteiger partial charge in [0.05, 0.1) is 5.69 Å². The number of ether oxygens (including phenoxy) is 1. The first-order chi connectivity index (χ1) is 11.6. The molecule has 0 fully saturated rings. The van der Waals surface area contributed by atoms with Gasteiger partial charge in [-0.15, -0.1) is 11.3 Å². The lowest BCUT2D eigenvalue weighted by molar-refractivity contribution is -0.139. The lowest BCUT2D eigenvalue weighted by Gasteiger charge is -2.13. The maximum atomic E-state index is 11.8. The smallest absolute Gasteiger partial charge is 0.408 e. The van der Waals surface area contributed by atoms with Crippen molar-refractivity contribution >= 4 is 28.4 Å². The fourth-order valence-corrected chi connectivity index (χ4v) is 2.91. The lowest BCUT2D eigenvalue weighted by Crippen LogP contribution is -2.42. The van der Waals surface area contributed by atoms with Crippen molar-refractivity contribution in [3.63, 3.8) is 0 Å². The van der Waals surface area contributed by atoms with Gasteiger partial charge in [-0.3, -0.25) is 4.40 Å². The van der Waals surface area contributed by atoms with Crippen LogP contribution in [-0.4, -0.2) is 32.6 Å². The van der Waals surface area contributed by atoms with Crippen LogP contribution in [0.4, 0.5) is 4.79 Å². The molecule has 0 aliphatic carbocycles. The third kappa shape index (κ3) is 3.90. The average molecular weight is 345 g/mol. The molecule has 1 unspecified atom stereocenters. The number of hydrogen-bond donors (Lipinski definition) is 2. The van der Waals surface area contributed by atoms with E-state index < -0.39 is 18.1 Å². The molecule has 1 aromatic carbocycles. The molecule has 0 bridgehead atoms. The molecule has 2 heterocycles. The maximum absolute atomic E-state index is 11.8. The van der Waals surface area contributed by atoms with Crippen molar-refractivity contribution in [2.75, 3.05) is 0 Å². The largest absolute Gasteiger partial charge is 0.480 e. The van der Waals surface area contributed by atoms with Gasteiger partial charge in [-0.05, 0) is 5.56 Å². The highest BCUT2D eigenvalue weighted by molar-refractivity contribution is 7.15. The topological polar surface area (TPSA) is 92.9 Å². The summed E-state index contributed by atoms with van der Waals surface area (Å²) in [5.74, 6) is -1.14. The predicted molar refractivity (Wildman–Crippen MR) is 88.0 cm³/mol. The van der Waals surface area contributed by atoms with Crippen molar-refractivity contribution in [2.45, 2.75) is 19.1 Å². The molecule has 0 radical (unpaired) electrons. The van der Waals surface area contributed by atoms with Crippen molar-refractivity contribution in [2.24, 2.45) is 0 Å². The number of hydrogen-bond acceptors (Lipinski definition) is 5. The molecule has 8 heteroatoms. The number of carbonyl (C=O) groups is 2. The van der Waals surface area contributed by atoms with Crippen molar-refractivity contribution in [3.05, 3.63) is 59.4 Å². The number of carbonyl (C=O) groups excluding carboxylic acids is 1. The summed E-state index contributed by atoms with van der Waals surface area (Å²) in [4.78, 5) is 28.3. The second-order valence-electron chi connectivity index (χ2n) is 5.13. The average Bonchev–Trinajstić information content (AvgIpc) is 3.14. The number of imidazole rings is 1. The van der Waals surface area contributed by atoms with Gasteiger partial charge in [0, 0.05) is 24.2 Å². The Labute approximate surface area is 141 Å². The van der Waals surface area contributed by atoms with E-state index in [4.69, 9.17) is 4.74 Å². The first-order valence-electron chi connectivity index (χ1n) is 7.23. The Hall–Kier alpha value is -2.87. The number of carboxylic acid groups (broad SMARTS) is 1. The van der Waals surface area contributed by atoms with Gasteiger partial charge in [0.1, 0.15) is 12.6 Å². The zero-order valence-electron chi connectivity index (χ0n) is 12.6. The van der Waals surface area contributed by atoms with Crippen LogP contribution in [0.2, 0.25) is 0 Å². The van der Waals surface area contributed by atoms with E-state index in [1.165, 1.54) is 11.3 Å². The number of alkyl carbamates (subject to hydrolysis) is 1. The second kappa shape index (κ2) is 7.14. The third-order valence-corrected chi connectivity index (χ3v) is 4.13. The number of amides is 1. The number of thiazole rings is 1. The van der Waals surface area contributed by atoms with E-state index in [9.17, 15) is 14.7 Å². The fraction of sp³-hybridized carbons (Fsp3) is 0.188. The number of fused-ring (bicyclic) bond motifs is 1. The molecule has 2 aromatic heterocycles. The Morgan fingerprint density at radius 1 is 1.33 bits per heavy atom. The normalized spacial score (nSPS) is 12.0. The monoisotopic (exact) mass is 345 g/mol. The summed E-state index contributed by atoms with van der Waals surface area (Å²) in [6.45, 7) is 0.0826. The summed E-state index contributed by atoms with van der Waals surface area (Å²) >= 11 is 1.46. The quantitative estimate of drug-likeness (QED) is 0.715. The molecule has 1 atom stereocenters. The van der Waals surface area contributed by atoms with Crippen LogP contribution in [0.5, 0.6) is 0 Å². The van der Waals surface area contributed by atoms with E-state index in [0.29, 0.717) is 5.69 Å². The number of benzene rings is 1. The minimum atomic E-state index is -1.14. The van der Waals surface area contributed by atoms with E-state index in [1.807, 2.05) is 46.3 Å².